The first-order valence-corrected chi connectivity index (χ1v) is 6.22. The molecule has 0 aliphatic heterocycles. The molecule has 19 heavy (non-hydrogen) atoms. The minimum atomic E-state index is -0.774. The summed E-state index contributed by atoms with van der Waals surface area (Å²) >= 11 is 6.07. The van der Waals surface area contributed by atoms with E-state index >= 15 is 0 Å². The number of methoxy groups -OCH3 is 1. The largest absolute Gasteiger partial charge is 0.453 e. The summed E-state index contributed by atoms with van der Waals surface area (Å²) < 4.78 is 4.36. The Bertz CT molecular complexity index is 465. The number of amides is 2. The van der Waals surface area contributed by atoms with Crippen molar-refractivity contribution in [1.29, 1.82) is 0 Å². The van der Waals surface area contributed by atoms with Crippen LogP contribution in [0.3, 0.4) is 0 Å². The Balaban J connectivity index is 2.62. The van der Waals surface area contributed by atoms with Crippen LogP contribution in [-0.2, 0) is 9.53 Å². The number of benzene rings is 1. The maximum atomic E-state index is 11.7. The van der Waals surface area contributed by atoms with Crippen LogP contribution in [0.15, 0.2) is 24.3 Å². The summed E-state index contributed by atoms with van der Waals surface area (Å²) in [6.45, 7) is 3.55. The number of hydrogen-bond acceptors (Lipinski definition) is 4. The number of rotatable bonds is 4. The number of imide groups is 1. The molecule has 0 fully saturated rings. The molecule has 0 unspecified atom stereocenters. The molecule has 0 heterocycles. The molecule has 2 atom stereocenters. The van der Waals surface area contributed by atoms with Crippen molar-refractivity contribution in [2.24, 2.45) is 0 Å². The van der Waals surface area contributed by atoms with Crippen LogP contribution in [0.2, 0.25) is 5.02 Å². The van der Waals surface area contributed by atoms with Gasteiger partial charge in [-0.2, -0.15) is 0 Å². The second kappa shape index (κ2) is 7.11. The van der Waals surface area contributed by atoms with E-state index in [1.807, 2.05) is 25.1 Å². The fraction of sp³-hybridized carbons (Fsp3) is 0.385. The van der Waals surface area contributed by atoms with Crippen molar-refractivity contribution in [3.8, 4) is 0 Å². The molecule has 1 aromatic carbocycles. The van der Waals surface area contributed by atoms with Crippen LogP contribution in [0.5, 0.6) is 0 Å². The molecule has 1 aromatic rings. The number of hydrogen-bond donors (Lipinski definition) is 2. The summed E-state index contributed by atoms with van der Waals surface area (Å²) in [7, 11) is 1.20. The molecule has 0 spiro atoms. The predicted octanol–water partition coefficient (Wildman–Crippen LogP) is 2.26. The fourth-order valence-electron chi connectivity index (χ4n) is 1.63. The van der Waals surface area contributed by atoms with Gasteiger partial charge in [-0.15, -0.1) is 0 Å². The van der Waals surface area contributed by atoms with Gasteiger partial charge in [0.25, 0.3) is 0 Å². The molecule has 6 heteroatoms. The van der Waals surface area contributed by atoms with Crippen molar-refractivity contribution in [3.05, 3.63) is 34.9 Å². The highest BCUT2D eigenvalue weighted by atomic mass is 35.5. The molecule has 2 N–H and O–H groups in total. The van der Waals surface area contributed by atoms with Gasteiger partial charge in [0.2, 0.25) is 5.91 Å². The van der Waals surface area contributed by atoms with Crippen molar-refractivity contribution >= 4 is 23.6 Å². The van der Waals surface area contributed by atoms with E-state index in [0.717, 1.165) is 5.56 Å². The molecule has 1 rings (SSSR count). The standard InChI is InChI=1S/C13H17ClN2O3/c1-8(10-6-4-5-7-11(10)14)15-9(2)12(17)16-13(18)19-3/h4-9,15H,1-3H3,(H,16,17,18)/t8-,9-/m0/s1. The molecule has 5 nitrogen and oxygen atoms in total. The highest BCUT2D eigenvalue weighted by molar-refractivity contribution is 6.31. The Morgan fingerprint density at radius 3 is 2.47 bits per heavy atom. The number of halogens is 1. The molecule has 0 aromatic heterocycles. The summed E-state index contributed by atoms with van der Waals surface area (Å²) in [4.78, 5) is 22.6. The van der Waals surface area contributed by atoms with Crippen molar-refractivity contribution in [2.45, 2.75) is 25.9 Å². The van der Waals surface area contributed by atoms with Crippen molar-refractivity contribution in [2.75, 3.05) is 7.11 Å². The minimum Gasteiger partial charge on any atom is -0.453 e. The van der Waals surface area contributed by atoms with Gasteiger partial charge in [-0.25, -0.2) is 4.79 Å². The molecule has 2 amide bonds. The smallest absolute Gasteiger partial charge is 0.413 e. The summed E-state index contributed by atoms with van der Waals surface area (Å²) in [5.74, 6) is -0.453. The van der Waals surface area contributed by atoms with Gasteiger partial charge in [0.1, 0.15) is 0 Å². The van der Waals surface area contributed by atoms with E-state index in [2.05, 4.69) is 15.4 Å². The van der Waals surface area contributed by atoms with Crippen LogP contribution in [-0.4, -0.2) is 25.2 Å². The molecule has 0 radical (unpaired) electrons. The first-order chi connectivity index (χ1) is 8.95. The first kappa shape index (κ1) is 15.5. The van der Waals surface area contributed by atoms with Crippen molar-refractivity contribution in [1.82, 2.24) is 10.6 Å². The van der Waals surface area contributed by atoms with Crippen LogP contribution in [0.25, 0.3) is 0 Å². The Labute approximate surface area is 117 Å². The van der Waals surface area contributed by atoms with E-state index in [4.69, 9.17) is 11.6 Å². The maximum absolute atomic E-state index is 11.7. The highest BCUT2D eigenvalue weighted by Crippen LogP contribution is 2.22. The van der Waals surface area contributed by atoms with E-state index < -0.39 is 18.0 Å². The van der Waals surface area contributed by atoms with E-state index in [1.165, 1.54) is 7.11 Å². The molecule has 104 valence electrons. The third-order valence-electron chi connectivity index (χ3n) is 2.68. The maximum Gasteiger partial charge on any atom is 0.413 e. The Morgan fingerprint density at radius 1 is 1.26 bits per heavy atom. The summed E-state index contributed by atoms with van der Waals surface area (Å²) in [5, 5.41) is 5.79. The lowest BCUT2D eigenvalue weighted by Gasteiger charge is -2.20. The molecule has 0 aliphatic rings. The summed E-state index contributed by atoms with van der Waals surface area (Å²) in [6.07, 6.45) is -0.774. The third-order valence-corrected chi connectivity index (χ3v) is 3.02. The van der Waals surface area contributed by atoms with Crippen LogP contribution in [0.4, 0.5) is 4.79 Å². The van der Waals surface area contributed by atoms with Gasteiger partial charge in [0, 0.05) is 11.1 Å². The lowest BCUT2D eigenvalue weighted by Crippen LogP contribution is -2.45. The SMILES string of the molecule is COC(=O)NC(=O)[C@H](C)N[C@@H](C)c1ccccc1Cl. The third kappa shape index (κ3) is 4.54. The lowest BCUT2D eigenvalue weighted by molar-refractivity contribution is -0.122. The predicted molar refractivity (Wildman–Crippen MR) is 73.0 cm³/mol. The molecule has 0 saturated carbocycles. The second-order valence-electron chi connectivity index (χ2n) is 4.11. The van der Waals surface area contributed by atoms with E-state index in [1.54, 1.807) is 13.0 Å². The zero-order chi connectivity index (χ0) is 14.4. The topological polar surface area (TPSA) is 67.4 Å². The zero-order valence-electron chi connectivity index (χ0n) is 11.1. The van der Waals surface area contributed by atoms with Crippen molar-refractivity contribution in [3.63, 3.8) is 0 Å². The van der Waals surface area contributed by atoms with E-state index in [9.17, 15) is 9.59 Å². The second-order valence-corrected chi connectivity index (χ2v) is 4.52. The van der Waals surface area contributed by atoms with Gasteiger partial charge in [-0.1, -0.05) is 29.8 Å². The Kier molecular flexibility index (Phi) is 5.79. The van der Waals surface area contributed by atoms with Crippen molar-refractivity contribution < 1.29 is 14.3 Å². The monoisotopic (exact) mass is 284 g/mol. The summed E-state index contributed by atoms with van der Waals surface area (Å²) in [5.41, 5.74) is 0.891. The van der Waals surface area contributed by atoms with Crippen LogP contribution in [0.1, 0.15) is 25.5 Å². The molecular weight excluding hydrogens is 268 g/mol. The van der Waals surface area contributed by atoms with Gasteiger partial charge in [-0.3, -0.25) is 15.4 Å². The lowest BCUT2D eigenvalue weighted by atomic mass is 10.1. The van der Waals surface area contributed by atoms with Crippen LogP contribution < -0.4 is 10.6 Å². The fourth-order valence-corrected chi connectivity index (χ4v) is 1.93. The average molecular weight is 285 g/mol. The summed E-state index contributed by atoms with van der Waals surface area (Å²) in [6, 6.07) is 6.71. The quantitative estimate of drug-likeness (QED) is 0.890. The Hall–Kier alpha value is -1.59. The Morgan fingerprint density at radius 2 is 1.89 bits per heavy atom. The van der Waals surface area contributed by atoms with Gasteiger partial charge in [0.05, 0.1) is 13.2 Å². The van der Waals surface area contributed by atoms with Crippen LogP contribution >= 0.6 is 11.6 Å². The normalized spacial score (nSPS) is 13.5. The molecular formula is C13H17ClN2O3. The van der Waals surface area contributed by atoms with Gasteiger partial charge in [-0.05, 0) is 25.5 Å². The molecule has 0 bridgehead atoms. The van der Waals surface area contributed by atoms with Crippen LogP contribution in [0, 0.1) is 0 Å². The number of alkyl carbamates (subject to hydrolysis) is 1. The molecule has 0 saturated heterocycles. The van der Waals surface area contributed by atoms with E-state index in [-0.39, 0.29) is 6.04 Å². The minimum absolute atomic E-state index is 0.118. The highest BCUT2D eigenvalue weighted by Gasteiger charge is 2.19. The zero-order valence-corrected chi connectivity index (χ0v) is 11.8. The van der Waals surface area contributed by atoms with Gasteiger partial charge >= 0.3 is 6.09 Å². The molecule has 0 aliphatic carbocycles. The number of carbonyl (C=O) groups is 2. The average Bonchev–Trinajstić information content (AvgIpc) is 2.38. The number of carbonyl (C=O) groups excluding carboxylic acids is 2. The first-order valence-electron chi connectivity index (χ1n) is 5.85. The van der Waals surface area contributed by atoms with Gasteiger partial charge in [0.15, 0.2) is 0 Å². The number of ether oxygens (including phenoxy) is 1. The van der Waals surface area contributed by atoms with E-state index in [0.29, 0.717) is 5.02 Å². The van der Waals surface area contributed by atoms with Gasteiger partial charge < -0.3 is 4.74 Å². The number of nitrogens with one attached hydrogen (secondary N) is 2.